The Morgan fingerprint density at radius 3 is 2.92 bits per heavy atom. The van der Waals surface area contributed by atoms with Gasteiger partial charge in [-0.15, -0.1) is 0 Å². The summed E-state index contributed by atoms with van der Waals surface area (Å²) in [5, 5.41) is 3.56. The highest BCUT2D eigenvalue weighted by molar-refractivity contribution is 5.66. The van der Waals surface area contributed by atoms with Crippen molar-refractivity contribution >= 4 is 0 Å². The van der Waals surface area contributed by atoms with Crippen LogP contribution in [-0.4, -0.2) is 29.8 Å². The van der Waals surface area contributed by atoms with Crippen molar-refractivity contribution in [3.63, 3.8) is 0 Å². The van der Waals surface area contributed by atoms with Gasteiger partial charge in [-0.2, -0.15) is 0 Å². The smallest absolute Gasteiger partial charge is 0.253 e. The zero-order valence-electron chi connectivity index (χ0n) is 15.6. The molecule has 1 aromatic carbocycles. The minimum Gasteiger partial charge on any atom is -0.496 e. The Hall–Kier alpha value is -2.14. The highest BCUT2D eigenvalue weighted by Gasteiger charge is 2.41. The lowest BCUT2D eigenvalue weighted by Gasteiger charge is -2.34. The third-order valence-corrected chi connectivity index (χ3v) is 6.18. The fourth-order valence-electron chi connectivity index (χ4n) is 4.76. The molecule has 0 amide bonds. The van der Waals surface area contributed by atoms with E-state index in [0.29, 0.717) is 17.0 Å². The lowest BCUT2D eigenvalue weighted by molar-refractivity contribution is 0.213. The Morgan fingerprint density at radius 2 is 2.15 bits per heavy atom. The Labute approximate surface area is 154 Å². The summed E-state index contributed by atoms with van der Waals surface area (Å²) in [6.45, 7) is 2.23. The maximum Gasteiger partial charge on any atom is 0.253 e. The first-order chi connectivity index (χ1) is 12.6. The van der Waals surface area contributed by atoms with Crippen molar-refractivity contribution in [1.29, 1.82) is 0 Å². The molecule has 1 aliphatic heterocycles. The van der Waals surface area contributed by atoms with Crippen molar-refractivity contribution in [1.82, 2.24) is 14.9 Å². The zero-order chi connectivity index (χ0) is 18.1. The molecule has 1 N–H and O–H groups in total. The van der Waals surface area contributed by atoms with Gasteiger partial charge in [0, 0.05) is 31.1 Å². The van der Waals surface area contributed by atoms with Gasteiger partial charge in [0.15, 0.2) is 0 Å². The lowest BCUT2D eigenvalue weighted by atomic mass is 9.78. The van der Waals surface area contributed by atoms with E-state index in [2.05, 4.69) is 5.32 Å². The van der Waals surface area contributed by atoms with E-state index >= 15 is 0 Å². The molecule has 5 heteroatoms. The van der Waals surface area contributed by atoms with Crippen LogP contribution in [0.25, 0.3) is 11.3 Å². The van der Waals surface area contributed by atoms with Crippen LogP contribution >= 0.6 is 0 Å². The first kappa shape index (κ1) is 17.3. The number of piperidine rings is 1. The van der Waals surface area contributed by atoms with E-state index in [1.165, 1.54) is 19.3 Å². The number of rotatable bonds is 3. The minimum atomic E-state index is -0.00127. The van der Waals surface area contributed by atoms with E-state index in [1.807, 2.05) is 31.3 Å². The molecule has 26 heavy (non-hydrogen) atoms. The van der Waals surface area contributed by atoms with Gasteiger partial charge < -0.3 is 10.1 Å². The third kappa shape index (κ3) is 3.05. The largest absolute Gasteiger partial charge is 0.496 e. The molecule has 1 saturated carbocycles. The number of para-hydroxylation sites is 1. The van der Waals surface area contributed by atoms with Crippen molar-refractivity contribution in [2.75, 3.05) is 20.2 Å². The Bertz CT molecular complexity index is 853. The van der Waals surface area contributed by atoms with Crippen LogP contribution in [0.1, 0.15) is 43.8 Å². The Balaban J connectivity index is 1.71. The molecule has 4 rings (SSSR count). The topological polar surface area (TPSA) is 56.1 Å². The van der Waals surface area contributed by atoms with Crippen LogP contribution in [0.4, 0.5) is 0 Å². The second-order valence-electron chi connectivity index (χ2n) is 7.82. The first-order valence-electron chi connectivity index (χ1n) is 9.54. The number of hydrogen-bond acceptors (Lipinski definition) is 4. The third-order valence-electron chi connectivity index (χ3n) is 6.18. The van der Waals surface area contributed by atoms with Gasteiger partial charge in [0.05, 0.1) is 12.8 Å². The Morgan fingerprint density at radius 1 is 1.31 bits per heavy atom. The summed E-state index contributed by atoms with van der Waals surface area (Å²) in [6.07, 6.45) is 5.99. The maximum absolute atomic E-state index is 12.6. The van der Waals surface area contributed by atoms with Crippen LogP contribution in [0.3, 0.4) is 0 Å². The van der Waals surface area contributed by atoms with Gasteiger partial charge in [-0.05, 0) is 56.2 Å². The summed E-state index contributed by atoms with van der Waals surface area (Å²) < 4.78 is 7.20. The van der Waals surface area contributed by atoms with Crippen molar-refractivity contribution in [2.45, 2.75) is 38.0 Å². The van der Waals surface area contributed by atoms with Crippen LogP contribution in [-0.2, 0) is 7.05 Å². The van der Waals surface area contributed by atoms with Crippen LogP contribution in [0.5, 0.6) is 5.75 Å². The van der Waals surface area contributed by atoms with Gasteiger partial charge in [0.1, 0.15) is 11.6 Å². The van der Waals surface area contributed by atoms with Crippen molar-refractivity contribution in [3.8, 4) is 17.0 Å². The molecule has 1 spiro atoms. The summed E-state index contributed by atoms with van der Waals surface area (Å²) in [4.78, 5) is 17.6. The van der Waals surface area contributed by atoms with Crippen molar-refractivity contribution < 1.29 is 4.74 Å². The second-order valence-corrected chi connectivity index (χ2v) is 7.82. The molecule has 2 heterocycles. The van der Waals surface area contributed by atoms with Gasteiger partial charge in [0.25, 0.3) is 5.56 Å². The molecular weight excluding hydrogens is 326 g/mol. The van der Waals surface area contributed by atoms with E-state index in [1.54, 1.807) is 17.7 Å². The fourth-order valence-corrected chi connectivity index (χ4v) is 4.76. The van der Waals surface area contributed by atoms with Gasteiger partial charge in [0.2, 0.25) is 0 Å². The average Bonchev–Trinajstić information content (AvgIpc) is 3.07. The van der Waals surface area contributed by atoms with Crippen LogP contribution < -0.4 is 15.6 Å². The van der Waals surface area contributed by atoms with E-state index in [4.69, 9.17) is 9.72 Å². The summed E-state index contributed by atoms with van der Waals surface area (Å²) in [7, 11) is 3.50. The van der Waals surface area contributed by atoms with Gasteiger partial charge in [-0.25, -0.2) is 4.98 Å². The van der Waals surface area contributed by atoms with E-state index in [0.717, 1.165) is 43.1 Å². The van der Waals surface area contributed by atoms with Crippen LogP contribution in [0.2, 0.25) is 0 Å². The molecule has 2 aliphatic rings. The van der Waals surface area contributed by atoms with Crippen molar-refractivity contribution in [3.05, 3.63) is 46.5 Å². The predicted molar refractivity (Wildman–Crippen MR) is 103 cm³/mol. The normalized spacial score (nSPS) is 25.5. The van der Waals surface area contributed by atoms with Crippen LogP contribution in [0, 0.1) is 5.41 Å². The van der Waals surface area contributed by atoms with Gasteiger partial charge in [-0.1, -0.05) is 12.1 Å². The summed E-state index contributed by atoms with van der Waals surface area (Å²) in [6, 6.07) is 9.38. The number of hydrogen-bond donors (Lipinski definition) is 1. The highest BCUT2D eigenvalue weighted by atomic mass is 16.5. The molecule has 0 bridgehead atoms. The molecule has 5 nitrogen and oxygen atoms in total. The predicted octanol–water partition coefficient (Wildman–Crippen LogP) is 3.09. The second kappa shape index (κ2) is 6.88. The van der Waals surface area contributed by atoms with E-state index < -0.39 is 0 Å². The number of nitrogens with one attached hydrogen (secondary N) is 1. The van der Waals surface area contributed by atoms with E-state index in [9.17, 15) is 4.79 Å². The standard InChI is InChI=1S/C21H27N3O2/c1-24-19(25)12-17(16-6-3-4-7-18(16)26-2)23-20(24)15-8-10-21(13-15)9-5-11-22-14-21/h3-4,6-7,12,15,22H,5,8-11,13-14H2,1-2H3. The lowest BCUT2D eigenvalue weighted by Crippen LogP contribution is -2.38. The number of benzene rings is 1. The molecule has 2 fully saturated rings. The molecule has 1 saturated heterocycles. The quantitative estimate of drug-likeness (QED) is 0.921. The molecular formula is C21H27N3O2. The van der Waals surface area contributed by atoms with Gasteiger partial charge >= 0.3 is 0 Å². The van der Waals surface area contributed by atoms with E-state index in [-0.39, 0.29) is 5.56 Å². The average molecular weight is 353 g/mol. The molecule has 2 aromatic rings. The fraction of sp³-hybridized carbons (Fsp3) is 0.524. The van der Waals surface area contributed by atoms with Crippen molar-refractivity contribution in [2.24, 2.45) is 12.5 Å². The number of ether oxygens (including phenoxy) is 1. The monoisotopic (exact) mass is 353 g/mol. The highest BCUT2D eigenvalue weighted by Crippen LogP contribution is 2.49. The molecule has 1 aliphatic carbocycles. The summed E-state index contributed by atoms with van der Waals surface area (Å²) in [5.74, 6) is 2.02. The zero-order valence-corrected chi connectivity index (χ0v) is 15.6. The SMILES string of the molecule is COc1ccccc1-c1cc(=O)n(C)c(C2CCC3(CCCNC3)C2)n1. The van der Waals surface area contributed by atoms with Crippen LogP contribution in [0.15, 0.2) is 35.1 Å². The molecule has 2 atom stereocenters. The first-order valence-corrected chi connectivity index (χ1v) is 9.54. The Kier molecular flexibility index (Phi) is 4.57. The molecule has 2 unspecified atom stereocenters. The number of aromatic nitrogens is 2. The number of methoxy groups -OCH3 is 1. The minimum absolute atomic E-state index is 0.00127. The maximum atomic E-state index is 12.6. The van der Waals surface area contributed by atoms with Gasteiger partial charge in [-0.3, -0.25) is 9.36 Å². The molecule has 1 aromatic heterocycles. The number of nitrogens with zero attached hydrogens (tertiary/aromatic N) is 2. The summed E-state index contributed by atoms with van der Waals surface area (Å²) in [5.41, 5.74) is 1.98. The summed E-state index contributed by atoms with van der Waals surface area (Å²) >= 11 is 0. The molecule has 0 radical (unpaired) electrons. The molecule has 138 valence electrons.